The first-order chi connectivity index (χ1) is 6.79. The average molecular weight is 183 g/mol. The molecular formula is C12H9NO. The number of rotatable bonds is 0. The Hall–Kier alpha value is -1.96. The highest BCUT2D eigenvalue weighted by Gasteiger charge is 2.26. The molecule has 0 radical (unpaired) electrons. The summed E-state index contributed by atoms with van der Waals surface area (Å²) in [7, 11) is 0. The number of nitrogens with two attached hydrogens (primary N) is 1. The van der Waals surface area contributed by atoms with Crippen molar-refractivity contribution < 1.29 is 5.11 Å². The lowest BCUT2D eigenvalue weighted by Gasteiger charge is -2.25. The zero-order chi connectivity index (χ0) is 9.71. The Morgan fingerprint density at radius 3 is 2.21 bits per heavy atom. The van der Waals surface area contributed by atoms with Crippen LogP contribution in [0.25, 0.3) is 22.3 Å². The Balaban J connectivity index is 2.37. The van der Waals surface area contributed by atoms with Gasteiger partial charge in [-0.1, -0.05) is 24.3 Å². The second kappa shape index (κ2) is 2.29. The van der Waals surface area contributed by atoms with Crippen LogP contribution >= 0.6 is 0 Å². The van der Waals surface area contributed by atoms with Crippen LogP contribution in [0.5, 0.6) is 5.75 Å². The summed E-state index contributed by atoms with van der Waals surface area (Å²) in [4.78, 5) is 0. The van der Waals surface area contributed by atoms with Gasteiger partial charge in [0.15, 0.2) is 0 Å². The molecule has 0 heterocycles. The molecule has 14 heavy (non-hydrogen) atoms. The molecule has 2 aromatic carbocycles. The molecule has 2 heteroatoms. The van der Waals surface area contributed by atoms with Gasteiger partial charge in [0.05, 0.1) is 0 Å². The molecule has 0 spiro atoms. The van der Waals surface area contributed by atoms with E-state index >= 15 is 0 Å². The van der Waals surface area contributed by atoms with Crippen LogP contribution in [0.2, 0.25) is 0 Å². The maximum Gasteiger partial charge on any atom is 0.124 e. The summed E-state index contributed by atoms with van der Waals surface area (Å²) in [6, 6.07) is 11.3. The molecule has 3 N–H and O–H groups in total. The topological polar surface area (TPSA) is 46.2 Å². The molecule has 0 fully saturated rings. The van der Waals surface area contributed by atoms with Crippen LogP contribution in [0.3, 0.4) is 0 Å². The Morgan fingerprint density at radius 2 is 1.50 bits per heavy atom. The number of aromatic hydroxyl groups is 1. The Morgan fingerprint density at radius 1 is 0.857 bits per heavy atom. The van der Waals surface area contributed by atoms with E-state index in [9.17, 15) is 5.11 Å². The van der Waals surface area contributed by atoms with E-state index in [1.165, 1.54) is 0 Å². The minimum absolute atomic E-state index is 0.313. The molecular weight excluding hydrogens is 174 g/mol. The number of hydrogen-bond donors (Lipinski definition) is 2. The smallest absolute Gasteiger partial charge is 0.124 e. The second-order valence-corrected chi connectivity index (χ2v) is 3.47. The van der Waals surface area contributed by atoms with Gasteiger partial charge in [-0.15, -0.1) is 0 Å². The molecule has 0 bridgehead atoms. The summed E-state index contributed by atoms with van der Waals surface area (Å²) >= 11 is 0. The van der Waals surface area contributed by atoms with E-state index in [0.29, 0.717) is 5.75 Å². The summed E-state index contributed by atoms with van der Waals surface area (Å²) in [5.74, 6) is 0.313. The normalized spacial score (nSPS) is 11.4. The molecule has 0 unspecified atom stereocenters. The van der Waals surface area contributed by atoms with Crippen molar-refractivity contribution in [3.63, 3.8) is 0 Å². The van der Waals surface area contributed by atoms with Gasteiger partial charge in [-0.3, -0.25) is 0 Å². The SMILES string of the molecule is Nc1ccc(O)c2c1-c1ccccc1-2. The van der Waals surface area contributed by atoms with Crippen molar-refractivity contribution in [2.75, 3.05) is 5.73 Å². The first-order valence-electron chi connectivity index (χ1n) is 4.50. The standard InChI is InChI=1S/C12H9NO/c13-9-5-6-10(14)12-8-4-2-1-3-7(8)11(9)12/h1-6,14H,13H2. The number of anilines is 1. The molecule has 2 nitrogen and oxygen atoms in total. The minimum Gasteiger partial charge on any atom is -0.507 e. The number of fused-ring (bicyclic) bond motifs is 4. The van der Waals surface area contributed by atoms with Crippen molar-refractivity contribution in [3.8, 4) is 28.0 Å². The van der Waals surface area contributed by atoms with Crippen molar-refractivity contribution >= 4 is 5.69 Å². The van der Waals surface area contributed by atoms with Crippen LogP contribution in [0.1, 0.15) is 0 Å². The van der Waals surface area contributed by atoms with E-state index in [2.05, 4.69) is 0 Å². The van der Waals surface area contributed by atoms with E-state index in [1.54, 1.807) is 12.1 Å². The molecule has 0 saturated carbocycles. The molecule has 0 aromatic heterocycles. The number of hydrogen-bond acceptors (Lipinski definition) is 2. The molecule has 1 aliphatic rings. The fourth-order valence-corrected chi connectivity index (χ4v) is 2.03. The van der Waals surface area contributed by atoms with Gasteiger partial charge in [-0.2, -0.15) is 0 Å². The number of benzene rings is 2. The van der Waals surface area contributed by atoms with E-state index in [-0.39, 0.29) is 0 Å². The van der Waals surface area contributed by atoms with Crippen LogP contribution in [0.15, 0.2) is 36.4 Å². The third kappa shape index (κ3) is 0.708. The van der Waals surface area contributed by atoms with E-state index < -0.39 is 0 Å². The van der Waals surface area contributed by atoms with Gasteiger partial charge in [-0.05, 0) is 23.3 Å². The fraction of sp³-hybridized carbons (Fsp3) is 0. The second-order valence-electron chi connectivity index (χ2n) is 3.47. The van der Waals surface area contributed by atoms with Gasteiger partial charge in [0, 0.05) is 16.8 Å². The Labute approximate surface area is 81.6 Å². The number of phenolic OH excluding ortho intramolecular Hbond substituents is 1. The predicted octanol–water partition coefficient (Wildman–Crippen LogP) is 2.62. The minimum atomic E-state index is 0.313. The van der Waals surface area contributed by atoms with Gasteiger partial charge in [0.2, 0.25) is 0 Å². The maximum absolute atomic E-state index is 9.67. The zero-order valence-corrected chi connectivity index (χ0v) is 7.49. The Kier molecular flexibility index (Phi) is 1.22. The van der Waals surface area contributed by atoms with E-state index in [0.717, 1.165) is 27.9 Å². The zero-order valence-electron chi connectivity index (χ0n) is 7.49. The highest BCUT2D eigenvalue weighted by Crippen LogP contribution is 2.53. The van der Waals surface area contributed by atoms with Crippen molar-refractivity contribution in [3.05, 3.63) is 36.4 Å². The highest BCUT2D eigenvalue weighted by atomic mass is 16.3. The maximum atomic E-state index is 9.67. The first kappa shape index (κ1) is 7.44. The Bertz CT molecular complexity index is 484. The lowest BCUT2D eigenvalue weighted by molar-refractivity contribution is 0.477. The molecule has 0 amide bonds. The molecule has 0 atom stereocenters. The number of phenols is 1. The van der Waals surface area contributed by atoms with Crippen LogP contribution in [-0.4, -0.2) is 5.11 Å². The van der Waals surface area contributed by atoms with Gasteiger partial charge in [0.1, 0.15) is 5.75 Å². The lowest BCUT2D eigenvalue weighted by atomic mass is 9.79. The van der Waals surface area contributed by atoms with Crippen molar-refractivity contribution in [1.29, 1.82) is 0 Å². The molecule has 1 aliphatic carbocycles. The summed E-state index contributed by atoms with van der Waals surface area (Å²) in [5, 5.41) is 9.67. The van der Waals surface area contributed by atoms with Gasteiger partial charge < -0.3 is 10.8 Å². The molecule has 68 valence electrons. The predicted molar refractivity (Wildman–Crippen MR) is 56.9 cm³/mol. The molecule has 0 aliphatic heterocycles. The summed E-state index contributed by atoms with van der Waals surface area (Å²) in [6.45, 7) is 0. The molecule has 2 aromatic rings. The van der Waals surface area contributed by atoms with Crippen LogP contribution in [0, 0.1) is 0 Å². The largest absolute Gasteiger partial charge is 0.507 e. The highest BCUT2D eigenvalue weighted by molar-refractivity contribution is 6.09. The van der Waals surface area contributed by atoms with Crippen molar-refractivity contribution in [2.45, 2.75) is 0 Å². The third-order valence-electron chi connectivity index (χ3n) is 2.68. The first-order valence-corrected chi connectivity index (χ1v) is 4.50. The summed E-state index contributed by atoms with van der Waals surface area (Å²) < 4.78 is 0. The molecule has 0 saturated heterocycles. The summed E-state index contributed by atoms with van der Waals surface area (Å²) in [5.41, 5.74) is 10.7. The quantitative estimate of drug-likeness (QED) is 0.415. The van der Waals surface area contributed by atoms with Gasteiger partial charge in [-0.25, -0.2) is 0 Å². The van der Waals surface area contributed by atoms with Crippen LogP contribution < -0.4 is 5.73 Å². The van der Waals surface area contributed by atoms with Crippen LogP contribution in [-0.2, 0) is 0 Å². The fourth-order valence-electron chi connectivity index (χ4n) is 2.03. The monoisotopic (exact) mass is 183 g/mol. The van der Waals surface area contributed by atoms with Crippen molar-refractivity contribution in [1.82, 2.24) is 0 Å². The van der Waals surface area contributed by atoms with Gasteiger partial charge in [0.25, 0.3) is 0 Å². The summed E-state index contributed by atoms with van der Waals surface area (Å²) in [6.07, 6.45) is 0. The van der Waals surface area contributed by atoms with Crippen LogP contribution in [0.4, 0.5) is 5.69 Å². The third-order valence-corrected chi connectivity index (χ3v) is 2.68. The lowest BCUT2D eigenvalue weighted by Crippen LogP contribution is -2.02. The number of nitrogen functional groups attached to an aromatic ring is 1. The average Bonchev–Trinajstić information content (AvgIpc) is 2.16. The molecule has 3 rings (SSSR count). The van der Waals surface area contributed by atoms with Gasteiger partial charge >= 0.3 is 0 Å². The van der Waals surface area contributed by atoms with Crippen molar-refractivity contribution in [2.24, 2.45) is 0 Å². The van der Waals surface area contributed by atoms with E-state index in [1.807, 2.05) is 24.3 Å². The van der Waals surface area contributed by atoms with E-state index in [4.69, 9.17) is 5.73 Å².